The summed E-state index contributed by atoms with van der Waals surface area (Å²) in [4.78, 5) is 21.2. The van der Waals surface area contributed by atoms with Crippen LogP contribution in [0.4, 0.5) is 5.69 Å². The zero-order valence-corrected chi connectivity index (χ0v) is 16.2. The van der Waals surface area contributed by atoms with E-state index in [-0.39, 0.29) is 11.2 Å². The molecule has 4 rings (SSSR count). The van der Waals surface area contributed by atoms with Crippen molar-refractivity contribution in [3.05, 3.63) is 72.3 Å². The molecule has 3 heterocycles. The van der Waals surface area contributed by atoms with Gasteiger partial charge in [0.05, 0.1) is 11.0 Å². The Morgan fingerprint density at radius 3 is 2.86 bits per heavy atom. The summed E-state index contributed by atoms with van der Waals surface area (Å²) in [6.07, 6.45) is 3.38. The van der Waals surface area contributed by atoms with E-state index in [1.165, 1.54) is 0 Å². The highest BCUT2D eigenvalue weighted by Gasteiger charge is 2.13. The van der Waals surface area contributed by atoms with Gasteiger partial charge >= 0.3 is 0 Å². The van der Waals surface area contributed by atoms with Crippen molar-refractivity contribution in [3.63, 3.8) is 0 Å². The summed E-state index contributed by atoms with van der Waals surface area (Å²) in [5.41, 5.74) is 3.61. The largest absolute Gasteiger partial charge is 0.321 e. The van der Waals surface area contributed by atoms with Crippen molar-refractivity contribution in [2.75, 3.05) is 5.32 Å². The van der Waals surface area contributed by atoms with Crippen molar-refractivity contribution in [2.24, 2.45) is 7.05 Å². The summed E-state index contributed by atoms with van der Waals surface area (Å²) in [5, 5.41) is 11.9. The Hall–Kier alpha value is -3.26. The molecule has 0 saturated carbocycles. The molecule has 1 unspecified atom stereocenters. The summed E-state index contributed by atoms with van der Waals surface area (Å²) >= 11 is 1.61. The van der Waals surface area contributed by atoms with Crippen LogP contribution in [-0.4, -0.2) is 30.6 Å². The van der Waals surface area contributed by atoms with Gasteiger partial charge in [-0.05, 0) is 48.9 Å². The van der Waals surface area contributed by atoms with Gasteiger partial charge in [0.2, 0.25) is 0 Å². The molecule has 0 fully saturated rings. The number of carbonyl (C=O) groups excluding carboxylic acids is 1. The molecule has 0 spiro atoms. The number of pyridine rings is 2. The third-order valence-corrected chi connectivity index (χ3v) is 5.46. The summed E-state index contributed by atoms with van der Waals surface area (Å²) < 4.78 is 1.88. The topological polar surface area (TPSA) is 85.6 Å². The highest BCUT2D eigenvalue weighted by molar-refractivity contribution is 7.99. The fourth-order valence-corrected chi connectivity index (χ4v) is 3.66. The maximum Gasteiger partial charge on any atom is 0.274 e. The first-order valence-corrected chi connectivity index (χ1v) is 9.62. The normalized spacial score (nSPS) is 12.1. The van der Waals surface area contributed by atoms with E-state index >= 15 is 0 Å². The van der Waals surface area contributed by atoms with Crippen LogP contribution in [0.3, 0.4) is 0 Å². The zero-order chi connectivity index (χ0) is 19.5. The van der Waals surface area contributed by atoms with Gasteiger partial charge in [-0.25, -0.2) is 4.98 Å². The Labute approximate surface area is 166 Å². The Morgan fingerprint density at radius 2 is 2.04 bits per heavy atom. The molecule has 8 heteroatoms. The van der Waals surface area contributed by atoms with Gasteiger partial charge in [0.1, 0.15) is 12.0 Å². The number of benzene rings is 1. The van der Waals surface area contributed by atoms with Gasteiger partial charge in [0, 0.05) is 24.2 Å². The molecule has 0 radical (unpaired) electrons. The average Bonchev–Trinajstić information content (AvgIpc) is 3.12. The molecule has 1 amide bonds. The molecule has 0 aliphatic heterocycles. The highest BCUT2D eigenvalue weighted by atomic mass is 32.2. The van der Waals surface area contributed by atoms with Gasteiger partial charge in [-0.15, -0.1) is 10.2 Å². The number of rotatable bonds is 5. The van der Waals surface area contributed by atoms with Crippen molar-refractivity contribution >= 4 is 34.4 Å². The van der Waals surface area contributed by atoms with Gasteiger partial charge in [-0.3, -0.25) is 9.78 Å². The van der Waals surface area contributed by atoms with E-state index in [0.29, 0.717) is 11.2 Å². The molecule has 0 aliphatic rings. The molecule has 7 nitrogen and oxygen atoms in total. The molecule has 28 heavy (non-hydrogen) atoms. The number of nitrogens with zero attached hydrogens (tertiary/aromatic N) is 5. The van der Waals surface area contributed by atoms with Crippen molar-refractivity contribution in [1.29, 1.82) is 0 Å². The fourth-order valence-electron chi connectivity index (χ4n) is 2.75. The van der Waals surface area contributed by atoms with E-state index in [1.54, 1.807) is 42.5 Å². The molecular weight excluding hydrogens is 372 g/mol. The first-order valence-electron chi connectivity index (χ1n) is 8.74. The van der Waals surface area contributed by atoms with Crippen molar-refractivity contribution in [3.8, 4) is 0 Å². The van der Waals surface area contributed by atoms with Crippen LogP contribution in [0.5, 0.6) is 0 Å². The van der Waals surface area contributed by atoms with E-state index in [2.05, 4.69) is 32.4 Å². The molecule has 4 aromatic rings. The monoisotopic (exact) mass is 390 g/mol. The van der Waals surface area contributed by atoms with Gasteiger partial charge in [-0.1, -0.05) is 23.9 Å². The van der Waals surface area contributed by atoms with Crippen molar-refractivity contribution in [1.82, 2.24) is 24.7 Å². The number of carbonyl (C=O) groups is 1. The van der Waals surface area contributed by atoms with E-state index in [1.807, 2.05) is 41.9 Å². The minimum absolute atomic E-state index is 0.157. The molecule has 1 atom stereocenters. The highest BCUT2D eigenvalue weighted by Crippen LogP contribution is 2.34. The lowest BCUT2D eigenvalue weighted by Gasteiger charge is -2.13. The summed E-state index contributed by atoms with van der Waals surface area (Å²) in [5.74, 6) is -0.253. The SMILES string of the molecule is CC(Sc1nncn1C)c1cccc(NC(=O)c2ccc3ncccc3n2)c1. The zero-order valence-electron chi connectivity index (χ0n) is 15.4. The number of aryl methyl sites for hydroxylation is 1. The number of hydrogen-bond acceptors (Lipinski definition) is 6. The van der Waals surface area contributed by atoms with E-state index < -0.39 is 0 Å². The van der Waals surface area contributed by atoms with Crippen molar-refractivity contribution in [2.45, 2.75) is 17.3 Å². The molecule has 0 aliphatic carbocycles. The lowest BCUT2D eigenvalue weighted by Crippen LogP contribution is -2.14. The van der Waals surface area contributed by atoms with Crippen LogP contribution in [-0.2, 0) is 7.05 Å². The first-order chi connectivity index (χ1) is 13.6. The standard InChI is InChI=1S/C20H18N6OS/c1-13(28-20-25-22-12-26(20)2)14-5-3-6-15(11-14)23-19(27)18-9-8-16-17(24-18)7-4-10-21-16/h3-13H,1-2H3,(H,23,27). The summed E-state index contributed by atoms with van der Waals surface area (Å²) in [6, 6.07) is 14.9. The molecular formula is C20H18N6OS. The minimum Gasteiger partial charge on any atom is -0.321 e. The fraction of sp³-hybridized carbons (Fsp3) is 0.150. The lowest BCUT2D eigenvalue weighted by molar-refractivity contribution is 0.102. The summed E-state index contributed by atoms with van der Waals surface area (Å²) in [6.45, 7) is 2.10. The van der Waals surface area contributed by atoms with Crippen LogP contribution in [0.25, 0.3) is 11.0 Å². The number of fused-ring (bicyclic) bond motifs is 1. The molecule has 1 aromatic carbocycles. The number of nitrogens with one attached hydrogen (secondary N) is 1. The van der Waals surface area contributed by atoms with Gasteiger partial charge < -0.3 is 9.88 Å². The Morgan fingerprint density at radius 1 is 1.14 bits per heavy atom. The van der Waals surface area contributed by atoms with Crippen LogP contribution in [0.15, 0.2) is 66.2 Å². The van der Waals surface area contributed by atoms with E-state index in [0.717, 1.165) is 21.9 Å². The maximum absolute atomic E-state index is 12.6. The quantitative estimate of drug-likeness (QED) is 0.521. The minimum atomic E-state index is -0.253. The van der Waals surface area contributed by atoms with Crippen LogP contribution in [0.1, 0.15) is 28.2 Å². The Bertz CT molecular complexity index is 1140. The van der Waals surface area contributed by atoms with Crippen LogP contribution in [0, 0.1) is 0 Å². The molecule has 140 valence electrons. The van der Waals surface area contributed by atoms with Crippen LogP contribution < -0.4 is 5.32 Å². The number of hydrogen-bond donors (Lipinski definition) is 1. The summed E-state index contributed by atoms with van der Waals surface area (Å²) in [7, 11) is 1.91. The van der Waals surface area contributed by atoms with E-state index in [9.17, 15) is 4.79 Å². The van der Waals surface area contributed by atoms with Crippen molar-refractivity contribution < 1.29 is 4.79 Å². The Kier molecular flexibility index (Phi) is 5.03. The maximum atomic E-state index is 12.6. The smallest absolute Gasteiger partial charge is 0.274 e. The number of anilines is 1. The van der Waals surface area contributed by atoms with E-state index in [4.69, 9.17) is 0 Å². The second kappa shape index (κ2) is 7.77. The third-order valence-electron chi connectivity index (χ3n) is 4.25. The van der Waals surface area contributed by atoms with Gasteiger partial charge in [-0.2, -0.15) is 0 Å². The third kappa shape index (κ3) is 3.86. The second-order valence-corrected chi connectivity index (χ2v) is 7.61. The molecule has 3 aromatic heterocycles. The second-order valence-electron chi connectivity index (χ2n) is 6.30. The predicted octanol–water partition coefficient (Wildman–Crippen LogP) is 3.86. The molecule has 1 N–H and O–H groups in total. The number of aromatic nitrogens is 5. The van der Waals surface area contributed by atoms with Gasteiger partial charge in [0.15, 0.2) is 5.16 Å². The predicted molar refractivity (Wildman–Crippen MR) is 109 cm³/mol. The number of amides is 1. The molecule has 0 bridgehead atoms. The first kappa shape index (κ1) is 18.1. The van der Waals surface area contributed by atoms with Crippen LogP contribution in [0.2, 0.25) is 0 Å². The lowest BCUT2D eigenvalue weighted by atomic mass is 10.1. The number of thioether (sulfide) groups is 1. The Balaban J connectivity index is 1.50. The average molecular weight is 390 g/mol. The molecule has 0 saturated heterocycles. The van der Waals surface area contributed by atoms with Gasteiger partial charge in [0.25, 0.3) is 5.91 Å². The van der Waals surface area contributed by atoms with Crippen LogP contribution >= 0.6 is 11.8 Å².